The van der Waals surface area contributed by atoms with E-state index in [-0.39, 0.29) is 11.8 Å². The van der Waals surface area contributed by atoms with Gasteiger partial charge in [-0.3, -0.25) is 14.5 Å². The first-order valence-electron chi connectivity index (χ1n) is 7.23. The van der Waals surface area contributed by atoms with Crippen LogP contribution in [0.15, 0.2) is 23.6 Å². The average Bonchev–Trinajstić information content (AvgIpc) is 3.12. The van der Waals surface area contributed by atoms with Gasteiger partial charge >= 0.3 is 0 Å². The van der Waals surface area contributed by atoms with Gasteiger partial charge in [0, 0.05) is 17.4 Å². The molecule has 1 aliphatic heterocycles. The fourth-order valence-corrected chi connectivity index (χ4v) is 3.25. The number of fused-ring (bicyclic) bond motifs is 1. The summed E-state index contributed by atoms with van der Waals surface area (Å²) in [7, 11) is 0. The molecule has 0 aromatic carbocycles. The van der Waals surface area contributed by atoms with Crippen LogP contribution in [-0.2, 0) is 22.7 Å². The molecule has 22 heavy (non-hydrogen) atoms. The van der Waals surface area contributed by atoms with Crippen molar-refractivity contribution in [1.82, 2.24) is 15.1 Å². The number of hydrogen-bond donors (Lipinski definition) is 1. The maximum absolute atomic E-state index is 12.4. The van der Waals surface area contributed by atoms with Crippen molar-refractivity contribution in [3.05, 3.63) is 34.2 Å². The van der Waals surface area contributed by atoms with Crippen LogP contribution >= 0.6 is 11.3 Å². The molecule has 2 aromatic rings. The summed E-state index contributed by atoms with van der Waals surface area (Å²) in [5, 5.41) is 9.22. The van der Waals surface area contributed by atoms with Crippen LogP contribution in [0.4, 0.5) is 5.82 Å². The predicted octanol–water partition coefficient (Wildman–Crippen LogP) is 1.69. The molecule has 2 amide bonds. The van der Waals surface area contributed by atoms with E-state index in [2.05, 4.69) is 10.4 Å². The third-order valence-electron chi connectivity index (χ3n) is 3.72. The second-order valence-corrected chi connectivity index (χ2v) is 6.39. The highest BCUT2D eigenvalue weighted by atomic mass is 32.1. The Labute approximate surface area is 132 Å². The Morgan fingerprint density at radius 1 is 1.55 bits per heavy atom. The number of hydrogen-bond acceptors (Lipinski definition) is 4. The van der Waals surface area contributed by atoms with Gasteiger partial charge in [0.05, 0.1) is 18.8 Å². The summed E-state index contributed by atoms with van der Waals surface area (Å²) < 4.78 is 1.79. The van der Waals surface area contributed by atoms with Gasteiger partial charge in [-0.1, -0.05) is 6.07 Å². The molecule has 0 saturated heterocycles. The van der Waals surface area contributed by atoms with Crippen LogP contribution in [0.5, 0.6) is 0 Å². The van der Waals surface area contributed by atoms with Crippen LogP contribution in [0.2, 0.25) is 0 Å². The molecule has 7 heteroatoms. The van der Waals surface area contributed by atoms with E-state index in [1.165, 1.54) is 0 Å². The highest BCUT2D eigenvalue weighted by Crippen LogP contribution is 2.24. The number of anilines is 1. The summed E-state index contributed by atoms with van der Waals surface area (Å²) in [6, 6.07) is 5.22. The molecular formula is C15H18N4O2S. The van der Waals surface area contributed by atoms with Gasteiger partial charge in [-0.05, 0) is 25.3 Å². The van der Waals surface area contributed by atoms with Gasteiger partial charge < -0.3 is 5.32 Å². The molecule has 0 aliphatic carbocycles. The predicted molar refractivity (Wildman–Crippen MR) is 84.7 cm³/mol. The van der Waals surface area contributed by atoms with Crippen LogP contribution in [0.25, 0.3) is 0 Å². The monoisotopic (exact) mass is 318 g/mol. The number of aromatic nitrogens is 2. The van der Waals surface area contributed by atoms with Crippen molar-refractivity contribution in [3.8, 4) is 0 Å². The minimum atomic E-state index is -0.553. The van der Waals surface area contributed by atoms with E-state index >= 15 is 0 Å². The fraction of sp³-hybridized carbons (Fsp3) is 0.400. The van der Waals surface area contributed by atoms with Gasteiger partial charge in [-0.25, -0.2) is 4.68 Å². The zero-order chi connectivity index (χ0) is 15.7. The molecule has 1 atom stereocenters. The van der Waals surface area contributed by atoms with E-state index in [0.717, 1.165) is 10.6 Å². The third-order valence-corrected chi connectivity index (χ3v) is 4.59. The summed E-state index contributed by atoms with van der Waals surface area (Å²) in [5.74, 6) is 0.507. The van der Waals surface area contributed by atoms with Crippen LogP contribution in [0.3, 0.4) is 0 Å². The van der Waals surface area contributed by atoms with Crippen molar-refractivity contribution in [2.75, 3.05) is 4.90 Å². The normalized spacial score (nSPS) is 15.5. The molecule has 0 spiro atoms. The number of thiophene rings is 1. The average molecular weight is 318 g/mol. The van der Waals surface area contributed by atoms with E-state index in [0.29, 0.717) is 25.3 Å². The Balaban J connectivity index is 1.74. The second-order valence-electron chi connectivity index (χ2n) is 5.35. The highest BCUT2D eigenvalue weighted by molar-refractivity contribution is 7.09. The topological polar surface area (TPSA) is 67.2 Å². The van der Waals surface area contributed by atoms with Crippen LogP contribution in [0.1, 0.15) is 23.9 Å². The Morgan fingerprint density at radius 2 is 2.36 bits per heavy atom. The number of nitrogens with one attached hydrogen (secondary N) is 1. The number of aryl methyl sites for hydroxylation is 2. The second kappa shape index (κ2) is 5.92. The molecule has 1 N–H and O–H groups in total. The lowest BCUT2D eigenvalue weighted by molar-refractivity contribution is -0.126. The van der Waals surface area contributed by atoms with Gasteiger partial charge in [0.2, 0.25) is 11.8 Å². The standard InChI is InChI=1S/C15H18N4O2S/c1-10-8-13-18(17-10)6-5-14(20)19(13)11(2)15(21)16-9-12-4-3-7-22-12/h3-4,7-8,11H,5-6,9H2,1-2H3,(H,16,21)/t11-/m0/s1. The van der Waals surface area contributed by atoms with E-state index in [9.17, 15) is 9.59 Å². The summed E-state index contributed by atoms with van der Waals surface area (Å²) in [6.07, 6.45) is 0.372. The molecule has 3 heterocycles. The van der Waals surface area contributed by atoms with Crippen molar-refractivity contribution < 1.29 is 9.59 Å². The lowest BCUT2D eigenvalue weighted by atomic mass is 10.2. The first kappa shape index (κ1) is 14.8. The fourth-order valence-electron chi connectivity index (χ4n) is 2.61. The number of nitrogens with zero attached hydrogens (tertiary/aromatic N) is 3. The Kier molecular flexibility index (Phi) is 3.98. The number of carbonyl (C=O) groups is 2. The molecule has 0 radical (unpaired) electrons. The number of rotatable bonds is 4. The van der Waals surface area contributed by atoms with Crippen molar-refractivity contribution in [2.24, 2.45) is 0 Å². The summed E-state index contributed by atoms with van der Waals surface area (Å²) >= 11 is 1.60. The minimum Gasteiger partial charge on any atom is -0.349 e. The van der Waals surface area contributed by atoms with E-state index < -0.39 is 6.04 Å². The molecule has 0 bridgehead atoms. The van der Waals surface area contributed by atoms with Gasteiger partial charge in [0.25, 0.3) is 0 Å². The van der Waals surface area contributed by atoms with Crippen LogP contribution in [0, 0.1) is 6.92 Å². The Bertz CT molecular complexity index is 692. The lowest BCUT2D eigenvalue weighted by Gasteiger charge is -2.31. The van der Waals surface area contributed by atoms with Crippen LogP contribution in [-0.4, -0.2) is 27.6 Å². The first-order valence-corrected chi connectivity index (χ1v) is 8.11. The van der Waals surface area contributed by atoms with Crippen molar-refractivity contribution in [3.63, 3.8) is 0 Å². The van der Waals surface area contributed by atoms with Crippen molar-refractivity contribution in [2.45, 2.75) is 39.4 Å². The minimum absolute atomic E-state index is 0.0360. The first-order chi connectivity index (χ1) is 10.6. The van der Waals surface area contributed by atoms with Crippen LogP contribution < -0.4 is 10.2 Å². The molecule has 0 fully saturated rings. The summed E-state index contributed by atoms with van der Waals surface area (Å²) in [6.45, 7) is 4.69. The maximum Gasteiger partial charge on any atom is 0.243 e. The molecule has 2 aromatic heterocycles. The molecule has 0 unspecified atom stereocenters. The largest absolute Gasteiger partial charge is 0.349 e. The lowest BCUT2D eigenvalue weighted by Crippen LogP contribution is -2.50. The molecular weight excluding hydrogens is 300 g/mol. The van der Waals surface area contributed by atoms with Gasteiger partial charge in [-0.15, -0.1) is 11.3 Å². The van der Waals surface area contributed by atoms with E-state index in [4.69, 9.17) is 0 Å². The highest BCUT2D eigenvalue weighted by Gasteiger charge is 2.32. The molecule has 3 rings (SSSR count). The maximum atomic E-state index is 12.4. The number of amides is 2. The molecule has 0 saturated carbocycles. The van der Waals surface area contributed by atoms with Gasteiger partial charge in [0.1, 0.15) is 11.9 Å². The van der Waals surface area contributed by atoms with Gasteiger partial charge in [0.15, 0.2) is 0 Å². The zero-order valence-corrected chi connectivity index (χ0v) is 13.4. The summed E-state index contributed by atoms with van der Waals surface area (Å²) in [4.78, 5) is 27.3. The quantitative estimate of drug-likeness (QED) is 0.933. The SMILES string of the molecule is Cc1cc2n(n1)CCC(=O)N2[C@@H](C)C(=O)NCc1cccs1. The molecule has 1 aliphatic rings. The van der Waals surface area contributed by atoms with E-state index in [1.807, 2.05) is 30.5 Å². The zero-order valence-electron chi connectivity index (χ0n) is 12.6. The number of carbonyl (C=O) groups excluding carboxylic acids is 2. The third kappa shape index (κ3) is 2.76. The van der Waals surface area contributed by atoms with Gasteiger partial charge in [-0.2, -0.15) is 5.10 Å². The smallest absolute Gasteiger partial charge is 0.243 e. The Morgan fingerprint density at radius 3 is 3.09 bits per heavy atom. The summed E-state index contributed by atoms with van der Waals surface area (Å²) in [5.41, 5.74) is 0.848. The van der Waals surface area contributed by atoms with Crippen molar-refractivity contribution >= 4 is 29.0 Å². The van der Waals surface area contributed by atoms with E-state index in [1.54, 1.807) is 27.8 Å². The van der Waals surface area contributed by atoms with Crippen molar-refractivity contribution in [1.29, 1.82) is 0 Å². The Hall–Kier alpha value is -2.15. The molecule has 116 valence electrons. The molecule has 6 nitrogen and oxygen atoms in total.